The molecule has 1 fully saturated rings. The van der Waals surface area contributed by atoms with Crippen LogP contribution in [0.2, 0.25) is 0 Å². The molecule has 0 N–H and O–H groups in total. The van der Waals surface area contributed by atoms with Crippen molar-refractivity contribution in [2.45, 2.75) is 32.1 Å². The molecule has 0 atom stereocenters. The molecule has 0 aromatic rings. The average molecular weight is 310 g/mol. The van der Waals surface area contributed by atoms with E-state index in [0.29, 0.717) is 0 Å². The summed E-state index contributed by atoms with van der Waals surface area (Å²) in [7, 11) is -6.00. The Balaban J connectivity index is -0.0000000431. The quantitative estimate of drug-likeness (QED) is 0.285. The van der Waals surface area contributed by atoms with Gasteiger partial charge in [-0.15, -0.1) is 0 Å². The van der Waals surface area contributed by atoms with Gasteiger partial charge in [0.1, 0.15) is 0 Å². The third-order valence-corrected chi connectivity index (χ3v) is 1.32. The molecule has 9 heteroatoms. The summed E-state index contributed by atoms with van der Waals surface area (Å²) in [5, 5.41) is 0. The van der Waals surface area contributed by atoms with Gasteiger partial charge >= 0.3 is 58.2 Å². The van der Waals surface area contributed by atoms with Gasteiger partial charge in [-0.05, 0) is 0 Å². The van der Waals surface area contributed by atoms with Gasteiger partial charge in [0, 0.05) is 0 Å². The largest absolute Gasteiger partial charge is 2.00 e. The molecule has 3 nitrogen and oxygen atoms in total. The Kier molecular flexibility index (Phi) is 50.8. The van der Waals surface area contributed by atoms with Gasteiger partial charge in [-0.1, -0.05) is 19.3 Å². The van der Waals surface area contributed by atoms with Crippen LogP contribution < -0.4 is 0 Å². The van der Waals surface area contributed by atoms with Crippen LogP contribution in [-0.2, 0) is 31.0 Å². The molecule has 0 aromatic heterocycles. The first kappa shape index (κ1) is 30.5. The molecule has 0 saturated heterocycles. The molecule has 18 heavy (non-hydrogen) atoms. The molecule has 0 aromatic carbocycles. The zero-order chi connectivity index (χ0) is 14.7. The fraction of sp³-hybridized carbons (Fsp3) is 0.556. The third-order valence-electron chi connectivity index (χ3n) is 1.32. The normalized spacial score (nSPS) is 11.7. The van der Waals surface area contributed by atoms with E-state index in [1.807, 2.05) is 0 Å². The van der Waals surface area contributed by atoms with Crippen molar-refractivity contribution >= 4 is 7.25 Å². The van der Waals surface area contributed by atoms with Gasteiger partial charge in [-0.25, -0.2) is 0 Å². The van der Waals surface area contributed by atoms with Crippen molar-refractivity contribution in [3.63, 3.8) is 0 Å². The Bertz CT molecular complexity index is 159. The molecular weight excluding hydrogens is 299 g/mol. The van der Waals surface area contributed by atoms with Gasteiger partial charge < -0.3 is 23.7 Å². The Morgan fingerprint density at radius 3 is 1.00 bits per heavy atom. The first-order valence-electron chi connectivity index (χ1n) is 4.30. The molecule has 104 valence electrons. The zero-order valence-corrected chi connectivity index (χ0v) is 10.4. The van der Waals surface area contributed by atoms with Gasteiger partial charge in [0.15, 0.2) is 0 Å². The number of halogens is 4. The maximum atomic E-state index is 9.75. The van der Waals surface area contributed by atoms with E-state index in [-0.39, 0.29) is 17.1 Å². The van der Waals surface area contributed by atoms with Gasteiger partial charge in [-0.3, -0.25) is 0 Å². The molecular formula is C9H11BF4FeO3. The SMILES string of the molecule is F[B-](F)(F)F.[C-]#[O+].[C-]#[O+].[C-]#[O+].[CH-]1CCCCC1.[Fe+2]. The Morgan fingerprint density at radius 2 is 0.944 bits per heavy atom. The fourth-order valence-electron chi connectivity index (χ4n) is 0.898. The van der Waals surface area contributed by atoms with E-state index in [2.05, 4.69) is 26.4 Å². The van der Waals surface area contributed by atoms with Crippen LogP contribution in [0.4, 0.5) is 17.3 Å². The van der Waals surface area contributed by atoms with Crippen LogP contribution in [0.3, 0.4) is 0 Å². The van der Waals surface area contributed by atoms with Crippen molar-refractivity contribution in [2.24, 2.45) is 0 Å². The predicted molar refractivity (Wildman–Crippen MR) is 49.4 cm³/mol. The van der Waals surface area contributed by atoms with Crippen molar-refractivity contribution in [3.05, 3.63) is 26.4 Å². The van der Waals surface area contributed by atoms with Crippen LogP contribution in [0, 0.1) is 26.4 Å². The minimum absolute atomic E-state index is 0. The summed E-state index contributed by atoms with van der Waals surface area (Å²) in [6.45, 7) is 13.5. The summed E-state index contributed by atoms with van der Waals surface area (Å²) in [4.78, 5) is 0. The minimum atomic E-state index is -6.00. The molecule has 1 aliphatic carbocycles. The average Bonchev–Trinajstić information content (AvgIpc) is 2.37. The van der Waals surface area contributed by atoms with E-state index in [4.69, 9.17) is 14.0 Å². The summed E-state index contributed by atoms with van der Waals surface area (Å²) in [5.74, 6) is 0. The monoisotopic (exact) mass is 310 g/mol. The van der Waals surface area contributed by atoms with Gasteiger partial charge in [-0.2, -0.15) is 12.8 Å². The first-order chi connectivity index (χ1) is 8.00. The Morgan fingerprint density at radius 1 is 0.722 bits per heavy atom. The Labute approximate surface area is 114 Å². The molecule has 0 bridgehead atoms. The third kappa shape index (κ3) is 107. The molecule has 0 amide bonds. The molecule has 0 spiro atoms. The van der Waals surface area contributed by atoms with Crippen LogP contribution in [0.15, 0.2) is 0 Å². The molecule has 0 radical (unpaired) electrons. The van der Waals surface area contributed by atoms with Crippen molar-refractivity contribution in [1.29, 1.82) is 0 Å². The number of hydrogen-bond donors (Lipinski definition) is 0. The summed E-state index contributed by atoms with van der Waals surface area (Å²) < 4.78 is 61.5. The topological polar surface area (TPSA) is 59.7 Å². The summed E-state index contributed by atoms with van der Waals surface area (Å²) in [6.07, 6.45) is 9.50. The molecule has 0 unspecified atom stereocenters. The van der Waals surface area contributed by atoms with Gasteiger partial charge in [0.2, 0.25) is 0 Å². The Hall–Kier alpha value is -0.476. The number of hydrogen-bond acceptors (Lipinski definition) is 0. The molecule has 0 aliphatic heterocycles. The van der Waals surface area contributed by atoms with Crippen molar-refractivity contribution in [2.75, 3.05) is 0 Å². The second-order valence-corrected chi connectivity index (χ2v) is 2.42. The van der Waals surface area contributed by atoms with Gasteiger partial charge in [0.05, 0.1) is 0 Å². The van der Waals surface area contributed by atoms with E-state index in [0.717, 1.165) is 0 Å². The molecule has 0 heterocycles. The first-order valence-corrected chi connectivity index (χ1v) is 4.30. The standard InChI is InChI=1S/C6H11.3CO.BF4.Fe/c1-2-4-6-5-3-1;3*1-2;2-1(3,4)5;/h1H,2-6H2;;;;;/q-1;;;;-1;+2. The van der Waals surface area contributed by atoms with Crippen LogP contribution in [0.25, 0.3) is 0 Å². The zero-order valence-electron chi connectivity index (χ0n) is 9.28. The van der Waals surface area contributed by atoms with Crippen molar-refractivity contribution in [1.82, 2.24) is 0 Å². The van der Waals surface area contributed by atoms with Crippen molar-refractivity contribution < 1.29 is 48.3 Å². The maximum absolute atomic E-state index is 9.75. The second kappa shape index (κ2) is 30.0. The van der Waals surface area contributed by atoms with Crippen LogP contribution in [-0.4, -0.2) is 7.25 Å². The number of rotatable bonds is 0. The second-order valence-electron chi connectivity index (χ2n) is 2.42. The van der Waals surface area contributed by atoms with Gasteiger partial charge in [0.25, 0.3) is 0 Å². The molecule has 1 saturated carbocycles. The molecule has 1 rings (SSSR count). The van der Waals surface area contributed by atoms with Crippen LogP contribution >= 0.6 is 0 Å². The predicted octanol–water partition coefficient (Wildman–Crippen LogP) is 3.34. The van der Waals surface area contributed by atoms with Crippen LogP contribution in [0.1, 0.15) is 32.1 Å². The fourth-order valence-corrected chi connectivity index (χ4v) is 0.898. The minimum Gasteiger partial charge on any atom is -0.328 e. The van der Waals surface area contributed by atoms with E-state index < -0.39 is 7.25 Å². The van der Waals surface area contributed by atoms with E-state index in [1.54, 1.807) is 0 Å². The van der Waals surface area contributed by atoms with E-state index in [9.17, 15) is 17.3 Å². The maximum Gasteiger partial charge on any atom is 2.00 e. The summed E-state index contributed by atoms with van der Waals surface area (Å²) >= 11 is 0. The smallest absolute Gasteiger partial charge is 0.328 e. The van der Waals surface area contributed by atoms with Crippen LogP contribution in [0.5, 0.6) is 0 Å². The molecule has 1 aliphatic rings. The van der Waals surface area contributed by atoms with Crippen molar-refractivity contribution in [3.8, 4) is 0 Å². The van der Waals surface area contributed by atoms with E-state index in [1.165, 1.54) is 32.1 Å². The summed E-state index contributed by atoms with van der Waals surface area (Å²) in [6, 6.07) is 0. The summed E-state index contributed by atoms with van der Waals surface area (Å²) in [5.41, 5.74) is 0. The van der Waals surface area contributed by atoms with E-state index >= 15 is 0 Å².